The first-order valence-corrected chi connectivity index (χ1v) is 14.2. The van der Waals surface area contributed by atoms with E-state index in [-0.39, 0.29) is 30.8 Å². The average molecular weight is 581 g/mol. The van der Waals surface area contributed by atoms with Gasteiger partial charge in [0.05, 0.1) is 25.2 Å². The fourth-order valence-electron chi connectivity index (χ4n) is 5.56. The number of nitrogens with one attached hydrogen (secondary N) is 5. The van der Waals surface area contributed by atoms with Crippen molar-refractivity contribution in [1.29, 1.82) is 0 Å². The normalized spacial score (nSPS) is 26.5. The number of carbonyl (C=O) groups excluding carboxylic acids is 4. The van der Waals surface area contributed by atoms with Crippen LogP contribution in [0.15, 0.2) is 34.7 Å². The van der Waals surface area contributed by atoms with E-state index in [1.807, 2.05) is 42.2 Å². The van der Waals surface area contributed by atoms with E-state index in [0.29, 0.717) is 25.3 Å². The number of hydrogen-bond donors (Lipinski definition) is 6. The Labute approximate surface area is 242 Å². The predicted octanol–water partition coefficient (Wildman–Crippen LogP) is -0.194. The quantitative estimate of drug-likeness (QED) is 0.242. The van der Waals surface area contributed by atoms with Crippen LogP contribution in [0, 0.1) is 0 Å². The monoisotopic (exact) mass is 580 g/mol. The highest BCUT2D eigenvalue weighted by Gasteiger charge is 2.39. The third-order valence-corrected chi connectivity index (χ3v) is 7.78. The third-order valence-electron chi connectivity index (χ3n) is 7.78. The molecule has 2 aliphatic rings. The number of aliphatic hydroxyl groups is 1. The average Bonchev–Trinajstić information content (AvgIpc) is 3.74. The summed E-state index contributed by atoms with van der Waals surface area (Å²) in [6.07, 6.45) is 2.10. The molecule has 0 radical (unpaired) electrons. The SMILES string of the molecule is CCC1c2nnc(o2)CNC(=O)[C@@H](CO)NC(=O)[C@@H](C)NC(=O)[C@H](Cc2cc3ccccc3[nH]2)NC(=O)[C@@H]2CCCN12. The van der Waals surface area contributed by atoms with Gasteiger partial charge in [0.1, 0.15) is 18.1 Å². The summed E-state index contributed by atoms with van der Waals surface area (Å²) < 4.78 is 5.85. The molecule has 2 bridgehead atoms. The van der Waals surface area contributed by atoms with E-state index in [0.717, 1.165) is 23.0 Å². The summed E-state index contributed by atoms with van der Waals surface area (Å²) >= 11 is 0. The lowest BCUT2D eigenvalue weighted by atomic mass is 10.1. The highest BCUT2D eigenvalue weighted by molar-refractivity contribution is 5.95. The molecule has 4 amide bonds. The van der Waals surface area contributed by atoms with Crippen LogP contribution in [0.1, 0.15) is 56.6 Å². The maximum absolute atomic E-state index is 13.7. The first kappa shape index (κ1) is 29.2. The fraction of sp³-hybridized carbons (Fsp3) is 0.500. The maximum atomic E-state index is 13.7. The van der Waals surface area contributed by atoms with Crippen LogP contribution in [0.4, 0.5) is 0 Å². The Balaban J connectivity index is 1.46. The summed E-state index contributed by atoms with van der Waals surface area (Å²) in [4.78, 5) is 58.1. The maximum Gasteiger partial charge on any atom is 0.245 e. The van der Waals surface area contributed by atoms with Crippen LogP contribution >= 0.6 is 0 Å². The zero-order valence-electron chi connectivity index (χ0n) is 23.6. The zero-order valence-corrected chi connectivity index (χ0v) is 23.6. The lowest BCUT2D eigenvalue weighted by molar-refractivity contribution is -0.134. The lowest BCUT2D eigenvalue weighted by Gasteiger charge is -2.31. The number of fused-ring (bicyclic) bond motifs is 4. The largest absolute Gasteiger partial charge is 0.422 e. The van der Waals surface area contributed by atoms with Crippen LogP contribution < -0.4 is 21.3 Å². The molecular weight excluding hydrogens is 544 g/mol. The van der Waals surface area contributed by atoms with E-state index in [9.17, 15) is 24.3 Å². The van der Waals surface area contributed by atoms with Crippen molar-refractivity contribution in [2.75, 3.05) is 13.2 Å². The molecule has 0 spiro atoms. The second-order valence-electron chi connectivity index (χ2n) is 10.7. The molecule has 1 unspecified atom stereocenters. The van der Waals surface area contributed by atoms with Gasteiger partial charge in [-0.1, -0.05) is 25.1 Å². The Bertz CT molecular complexity index is 1420. The number of aromatic amines is 1. The van der Waals surface area contributed by atoms with Crippen molar-refractivity contribution in [3.05, 3.63) is 47.8 Å². The van der Waals surface area contributed by atoms with E-state index in [4.69, 9.17) is 4.42 Å². The van der Waals surface area contributed by atoms with E-state index in [2.05, 4.69) is 36.4 Å². The molecule has 224 valence electrons. The Morgan fingerprint density at radius 2 is 1.79 bits per heavy atom. The molecule has 0 saturated carbocycles. The van der Waals surface area contributed by atoms with Gasteiger partial charge in [-0.05, 0) is 50.2 Å². The standard InChI is InChI=1S/C28H36N8O6/c1-3-21-28-35-34-23(42-28)13-29-25(39)20(14-37)33-24(38)15(2)30-26(40)19(32-27(41)22-9-6-10-36(21)22)12-17-11-16-7-4-5-8-18(16)31-17/h4-5,7-8,11,15,19-22,31,37H,3,6,9-10,12-14H2,1-2H3,(H,29,39)(H,30,40)(H,32,41)(H,33,38)/t15-,19+,20-,21?,22+/m1/s1. The molecule has 2 aliphatic heterocycles. The van der Waals surface area contributed by atoms with Gasteiger partial charge in [0, 0.05) is 17.6 Å². The van der Waals surface area contributed by atoms with Crippen LogP contribution in [0.5, 0.6) is 0 Å². The van der Waals surface area contributed by atoms with E-state index < -0.39 is 48.5 Å². The number of aromatic nitrogens is 3. The lowest BCUT2D eigenvalue weighted by Crippen LogP contribution is -2.58. The highest BCUT2D eigenvalue weighted by Crippen LogP contribution is 2.31. The summed E-state index contributed by atoms with van der Waals surface area (Å²) in [5.41, 5.74) is 1.63. The molecule has 6 N–H and O–H groups in total. The molecule has 14 heteroatoms. The zero-order chi connectivity index (χ0) is 29.8. The minimum atomic E-state index is -1.27. The second kappa shape index (κ2) is 12.7. The number of nitrogens with zero attached hydrogens (tertiary/aromatic N) is 3. The van der Waals surface area contributed by atoms with Gasteiger partial charge in [0.15, 0.2) is 0 Å². The summed E-state index contributed by atoms with van der Waals surface area (Å²) in [6, 6.07) is 5.39. The van der Waals surface area contributed by atoms with Crippen molar-refractivity contribution in [3.8, 4) is 0 Å². The number of para-hydroxylation sites is 1. The van der Waals surface area contributed by atoms with Gasteiger partial charge in [-0.2, -0.15) is 0 Å². The van der Waals surface area contributed by atoms with Crippen molar-refractivity contribution in [2.45, 2.75) is 76.3 Å². The number of amides is 4. The molecule has 0 aliphatic carbocycles. The van der Waals surface area contributed by atoms with Crippen LogP contribution in [-0.2, 0) is 32.1 Å². The second-order valence-corrected chi connectivity index (χ2v) is 10.7. The van der Waals surface area contributed by atoms with Gasteiger partial charge in [-0.25, -0.2) is 0 Å². The Hall–Kier alpha value is -4.30. The van der Waals surface area contributed by atoms with Crippen molar-refractivity contribution < 1.29 is 28.7 Å². The van der Waals surface area contributed by atoms with Crippen molar-refractivity contribution >= 4 is 34.5 Å². The highest BCUT2D eigenvalue weighted by atomic mass is 16.4. The van der Waals surface area contributed by atoms with E-state index in [1.165, 1.54) is 6.92 Å². The molecule has 5 rings (SSSR count). The smallest absolute Gasteiger partial charge is 0.245 e. The number of aliphatic hydroxyl groups excluding tert-OH is 1. The first-order valence-electron chi connectivity index (χ1n) is 14.2. The topological polar surface area (TPSA) is 195 Å². The van der Waals surface area contributed by atoms with Crippen LogP contribution in [-0.4, -0.2) is 86.1 Å². The molecular formula is C28H36N8O6. The van der Waals surface area contributed by atoms with Gasteiger partial charge < -0.3 is 35.8 Å². The van der Waals surface area contributed by atoms with Crippen LogP contribution in [0.2, 0.25) is 0 Å². The Morgan fingerprint density at radius 3 is 2.55 bits per heavy atom. The predicted molar refractivity (Wildman–Crippen MR) is 149 cm³/mol. The molecule has 14 nitrogen and oxygen atoms in total. The number of H-pyrrole nitrogens is 1. The molecule has 42 heavy (non-hydrogen) atoms. The number of benzene rings is 1. The third kappa shape index (κ3) is 6.29. The first-order chi connectivity index (χ1) is 20.3. The van der Waals surface area contributed by atoms with E-state index in [1.54, 1.807) is 0 Å². The van der Waals surface area contributed by atoms with E-state index >= 15 is 0 Å². The molecule has 1 aromatic carbocycles. The molecule has 3 aromatic rings. The van der Waals surface area contributed by atoms with Gasteiger partial charge in [0.25, 0.3) is 0 Å². The van der Waals surface area contributed by atoms with Gasteiger partial charge in [-0.3, -0.25) is 24.1 Å². The summed E-state index contributed by atoms with van der Waals surface area (Å²) in [6.45, 7) is 3.27. The Morgan fingerprint density at radius 1 is 1.00 bits per heavy atom. The molecule has 1 saturated heterocycles. The van der Waals surface area contributed by atoms with Crippen LogP contribution in [0.25, 0.3) is 10.9 Å². The minimum Gasteiger partial charge on any atom is -0.422 e. The van der Waals surface area contributed by atoms with Crippen LogP contribution in [0.3, 0.4) is 0 Å². The Kier molecular flexibility index (Phi) is 8.83. The summed E-state index contributed by atoms with van der Waals surface area (Å²) in [5.74, 6) is -1.74. The van der Waals surface area contributed by atoms with Gasteiger partial charge in [-0.15, -0.1) is 10.2 Å². The van der Waals surface area contributed by atoms with Crippen molar-refractivity contribution in [1.82, 2.24) is 41.3 Å². The minimum absolute atomic E-state index is 0.111. The van der Waals surface area contributed by atoms with Gasteiger partial charge >= 0.3 is 0 Å². The van der Waals surface area contributed by atoms with Crippen molar-refractivity contribution in [2.24, 2.45) is 0 Å². The molecule has 1 fully saturated rings. The summed E-state index contributed by atoms with van der Waals surface area (Å²) in [7, 11) is 0. The number of rotatable bonds is 4. The molecule has 4 heterocycles. The van der Waals surface area contributed by atoms with Crippen molar-refractivity contribution in [3.63, 3.8) is 0 Å². The summed E-state index contributed by atoms with van der Waals surface area (Å²) in [5, 5.41) is 29.5. The molecule has 2 aromatic heterocycles. The fourth-order valence-corrected chi connectivity index (χ4v) is 5.56. The number of hydrogen-bond acceptors (Lipinski definition) is 9. The number of carbonyl (C=O) groups is 4. The molecule has 5 atom stereocenters. The van der Waals surface area contributed by atoms with Gasteiger partial charge in [0.2, 0.25) is 35.4 Å².